The quantitative estimate of drug-likeness (QED) is 0.174. The van der Waals surface area contributed by atoms with Crippen LogP contribution >= 0.6 is 11.8 Å². The first kappa shape index (κ1) is 28.1. The second-order valence-electron chi connectivity index (χ2n) is 7.20. The summed E-state index contributed by atoms with van der Waals surface area (Å²) in [5.74, 6) is -6.41. The van der Waals surface area contributed by atoms with Crippen molar-refractivity contribution in [2.75, 3.05) is 19.0 Å². The van der Waals surface area contributed by atoms with E-state index in [0.717, 1.165) is 0 Å². The summed E-state index contributed by atoms with van der Waals surface area (Å²) in [6.45, 7) is -0.415. The number of aliphatic hydroxyl groups is 2. The van der Waals surface area contributed by atoms with Crippen molar-refractivity contribution in [1.82, 2.24) is 21.3 Å². The number of primary amides is 1. The van der Waals surface area contributed by atoms with Crippen LogP contribution in [0.15, 0.2) is 0 Å². The van der Waals surface area contributed by atoms with Crippen LogP contribution in [0.4, 0.5) is 0 Å². The van der Waals surface area contributed by atoms with Crippen LogP contribution in [0.3, 0.4) is 0 Å². The monoisotopic (exact) mass is 492 g/mol. The Hall–Kier alpha value is -2.95. The average Bonchev–Trinajstić information content (AvgIpc) is 2.74. The van der Waals surface area contributed by atoms with Crippen LogP contribution in [0.25, 0.3) is 0 Å². The van der Waals surface area contributed by atoms with Crippen LogP contribution < -0.4 is 32.7 Å². The Balaban J connectivity index is 3.30. The van der Waals surface area contributed by atoms with Gasteiger partial charge in [0.2, 0.25) is 29.5 Å². The van der Waals surface area contributed by atoms with E-state index in [1.165, 1.54) is 6.92 Å². The standard InChI is InChI=1S/C17H28N6O9S/c1-6-13(27)21-8(2-11(19)26)15(29)22-9(3-24)12(17(31)32)33-5-7(18)14(28)23-10(4-25)16(30)20-6/h6-10,12,24-25H,2-5,18H2,1H3,(H2,19,26)(H,20,30)(H,21,27)(H,22,29)(H,23,28)(H,31,32)/t6-,7-,8-,9+,10?,12?/m0/s1. The fraction of sp³-hybridized carbons (Fsp3) is 0.647. The van der Waals surface area contributed by atoms with E-state index in [4.69, 9.17) is 11.5 Å². The van der Waals surface area contributed by atoms with Gasteiger partial charge in [-0.15, -0.1) is 11.8 Å². The summed E-state index contributed by atoms with van der Waals surface area (Å²) in [6.07, 6.45) is -0.651. The summed E-state index contributed by atoms with van der Waals surface area (Å²) in [6, 6.07) is -6.97. The Bertz CT molecular complexity index is 782. The van der Waals surface area contributed by atoms with Crippen LogP contribution in [-0.4, -0.2) is 105 Å². The predicted octanol–water partition coefficient (Wildman–Crippen LogP) is -5.67. The van der Waals surface area contributed by atoms with Gasteiger partial charge in [0.25, 0.3) is 0 Å². The van der Waals surface area contributed by atoms with Gasteiger partial charge in [-0.1, -0.05) is 0 Å². The fourth-order valence-corrected chi connectivity index (χ4v) is 3.80. The molecule has 1 aliphatic rings. The van der Waals surface area contributed by atoms with Gasteiger partial charge in [-0.3, -0.25) is 28.8 Å². The lowest BCUT2D eigenvalue weighted by molar-refractivity contribution is -0.138. The maximum absolute atomic E-state index is 12.7. The third-order valence-electron chi connectivity index (χ3n) is 4.53. The SMILES string of the molecule is C[C@@H]1NC(=O)C(CO)NC(=O)[C@@H](N)CSC(C(=O)O)[C@@H](CO)NC(=O)[C@H](CC(N)=O)NC1=O. The molecular weight excluding hydrogens is 464 g/mol. The number of aliphatic hydroxyl groups excluding tert-OH is 2. The molecule has 1 heterocycles. The highest BCUT2D eigenvalue weighted by atomic mass is 32.2. The molecule has 15 nitrogen and oxygen atoms in total. The Morgan fingerprint density at radius 1 is 0.939 bits per heavy atom. The van der Waals surface area contributed by atoms with E-state index in [0.29, 0.717) is 11.8 Å². The van der Waals surface area contributed by atoms with Gasteiger partial charge in [-0.25, -0.2) is 0 Å². The largest absolute Gasteiger partial charge is 0.480 e. The number of nitrogens with one attached hydrogen (secondary N) is 4. The zero-order valence-corrected chi connectivity index (χ0v) is 18.5. The van der Waals surface area contributed by atoms with E-state index in [-0.39, 0.29) is 5.75 Å². The minimum atomic E-state index is -1.54. The summed E-state index contributed by atoms with van der Waals surface area (Å²) in [4.78, 5) is 72.8. The summed E-state index contributed by atoms with van der Waals surface area (Å²) < 4.78 is 0. The Morgan fingerprint density at radius 3 is 2.03 bits per heavy atom. The Morgan fingerprint density at radius 2 is 1.52 bits per heavy atom. The number of aliphatic carboxylic acids is 1. The molecule has 2 unspecified atom stereocenters. The predicted molar refractivity (Wildman–Crippen MR) is 113 cm³/mol. The van der Waals surface area contributed by atoms with Crippen molar-refractivity contribution in [3.05, 3.63) is 0 Å². The first-order valence-corrected chi connectivity index (χ1v) is 10.8. The number of hydrogen-bond donors (Lipinski definition) is 9. The zero-order chi connectivity index (χ0) is 25.3. The van der Waals surface area contributed by atoms with Crippen LogP contribution in [0.5, 0.6) is 0 Å². The second kappa shape index (κ2) is 12.9. The molecule has 0 aromatic rings. The fourth-order valence-electron chi connectivity index (χ4n) is 2.70. The molecule has 0 radical (unpaired) electrons. The molecule has 1 rings (SSSR count). The lowest BCUT2D eigenvalue weighted by Crippen LogP contribution is -2.60. The van der Waals surface area contributed by atoms with Crippen LogP contribution in [-0.2, 0) is 28.8 Å². The summed E-state index contributed by atoms with van der Waals surface area (Å²) in [5, 5.41) is 36.0. The minimum Gasteiger partial charge on any atom is -0.480 e. The number of carboxylic acid groups (broad SMARTS) is 1. The van der Waals surface area contributed by atoms with E-state index >= 15 is 0 Å². The first-order valence-electron chi connectivity index (χ1n) is 9.72. The van der Waals surface area contributed by atoms with Gasteiger partial charge in [0.15, 0.2) is 0 Å². The Labute approximate surface area is 192 Å². The molecule has 186 valence electrons. The maximum atomic E-state index is 12.7. The number of carbonyl (C=O) groups is 6. The second-order valence-corrected chi connectivity index (χ2v) is 8.38. The Kier molecular flexibility index (Phi) is 11.0. The number of amides is 5. The molecule has 1 fully saturated rings. The third-order valence-corrected chi connectivity index (χ3v) is 5.97. The molecule has 0 aromatic carbocycles. The topological polar surface area (TPSA) is 263 Å². The molecule has 0 bridgehead atoms. The highest BCUT2D eigenvalue weighted by Gasteiger charge is 2.35. The first-order chi connectivity index (χ1) is 15.4. The van der Waals surface area contributed by atoms with Gasteiger partial charge >= 0.3 is 5.97 Å². The van der Waals surface area contributed by atoms with Gasteiger partial charge in [0.1, 0.15) is 23.4 Å². The van der Waals surface area contributed by atoms with Crippen molar-refractivity contribution in [1.29, 1.82) is 0 Å². The van der Waals surface area contributed by atoms with E-state index in [1.54, 1.807) is 0 Å². The lowest BCUT2D eigenvalue weighted by Gasteiger charge is -2.28. The van der Waals surface area contributed by atoms with Crippen molar-refractivity contribution in [3.63, 3.8) is 0 Å². The number of thioether (sulfide) groups is 1. The molecule has 16 heteroatoms. The molecule has 0 aromatic heterocycles. The highest BCUT2D eigenvalue weighted by Crippen LogP contribution is 2.17. The smallest absolute Gasteiger partial charge is 0.318 e. The van der Waals surface area contributed by atoms with Crippen molar-refractivity contribution in [2.24, 2.45) is 11.5 Å². The number of rotatable bonds is 5. The van der Waals surface area contributed by atoms with E-state index in [2.05, 4.69) is 21.3 Å². The van der Waals surface area contributed by atoms with Gasteiger partial charge in [-0.05, 0) is 6.92 Å². The van der Waals surface area contributed by atoms with Crippen LogP contribution in [0.2, 0.25) is 0 Å². The molecule has 5 amide bonds. The number of carbonyl (C=O) groups excluding carboxylic acids is 5. The molecule has 1 saturated heterocycles. The van der Waals surface area contributed by atoms with Gasteiger partial charge < -0.3 is 48.1 Å². The molecule has 33 heavy (non-hydrogen) atoms. The molecule has 1 aliphatic heterocycles. The van der Waals surface area contributed by atoms with E-state index in [1.807, 2.05) is 0 Å². The molecule has 6 atom stereocenters. The average molecular weight is 493 g/mol. The van der Waals surface area contributed by atoms with Gasteiger partial charge in [0.05, 0.1) is 31.7 Å². The number of nitrogens with two attached hydrogens (primary N) is 2. The van der Waals surface area contributed by atoms with E-state index in [9.17, 15) is 44.1 Å². The van der Waals surface area contributed by atoms with Crippen LogP contribution in [0, 0.1) is 0 Å². The lowest BCUT2D eigenvalue weighted by atomic mass is 10.1. The summed E-state index contributed by atoms with van der Waals surface area (Å²) in [7, 11) is 0. The van der Waals surface area contributed by atoms with Crippen molar-refractivity contribution >= 4 is 47.3 Å². The molecule has 0 spiro atoms. The van der Waals surface area contributed by atoms with Crippen molar-refractivity contribution < 1.29 is 44.1 Å². The number of hydrogen-bond acceptors (Lipinski definition) is 10. The normalized spacial score (nSPS) is 30.4. The zero-order valence-electron chi connectivity index (χ0n) is 17.6. The van der Waals surface area contributed by atoms with Gasteiger partial charge in [0, 0.05) is 5.75 Å². The number of carboxylic acids is 1. The molecular formula is C17H28N6O9S. The third kappa shape index (κ3) is 8.49. The van der Waals surface area contributed by atoms with E-state index < -0.39 is 90.6 Å². The molecule has 11 N–H and O–H groups in total. The highest BCUT2D eigenvalue weighted by molar-refractivity contribution is 8.00. The molecule has 0 aliphatic carbocycles. The van der Waals surface area contributed by atoms with Crippen LogP contribution in [0.1, 0.15) is 13.3 Å². The van der Waals surface area contributed by atoms with Crippen molar-refractivity contribution in [2.45, 2.75) is 48.8 Å². The minimum absolute atomic E-state index is 0.285. The molecule has 0 saturated carbocycles. The maximum Gasteiger partial charge on any atom is 0.318 e. The summed E-state index contributed by atoms with van der Waals surface area (Å²) >= 11 is 0.636. The summed E-state index contributed by atoms with van der Waals surface area (Å²) in [5.41, 5.74) is 10.9. The van der Waals surface area contributed by atoms with Gasteiger partial charge in [-0.2, -0.15) is 0 Å². The van der Waals surface area contributed by atoms with Crippen molar-refractivity contribution in [3.8, 4) is 0 Å².